The zero-order valence-corrected chi connectivity index (χ0v) is 8.56. The number of hydrogen-bond acceptors (Lipinski definition) is 2. The molecule has 0 spiro atoms. The Morgan fingerprint density at radius 3 is 2.69 bits per heavy atom. The number of carbonyl (C=O) groups excluding carboxylic acids is 1. The van der Waals surface area contributed by atoms with Crippen molar-refractivity contribution in [3.63, 3.8) is 0 Å². The smallest absolute Gasteiger partial charge is 0.384 e. The van der Waals surface area contributed by atoms with Crippen molar-refractivity contribution in [2.75, 3.05) is 11.9 Å². The van der Waals surface area contributed by atoms with E-state index in [4.69, 9.17) is 0 Å². The van der Waals surface area contributed by atoms with E-state index in [1.807, 2.05) is 0 Å². The Balaban J connectivity index is 2.45. The van der Waals surface area contributed by atoms with Crippen LogP contribution in [0.25, 0.3) is 0 Å². The van der Waals surface area contributed by atoms with E-state index in [0.29, 0.717) is 17.8 Å². The van der Waals surface area contributed by atoms with E-state index in [1.165, 1.54) is 13.0 Å². The predicted octanol–water partition coefficient (Wildman–Crippen LogP) is 2.80. The molecule has 1 heterocycles. The molecule has 86 valence electrons. The van der Waals surface area contributed by atoms with Gasteiger partial charge in [0.1, 0.15) is 5.78 Å². The molecule has 2 rings (SSSR count). The highest BCUT2D eigenvalue weighted by molar-refractivity contribution is 5.88. The first kappa shape index (κ1) is 11.0. The maximum Gasteiger partial charge on any atom is 0.416 e. The van der Waals surface area contributed by atoms with E-state index < -0.39 is 17.7 Å². The van der Waals surface area contributed by atoms with Gasteiger partial charge in [-0.05, 0) is 30.7 Å². The van der Waals surface area contributed by atoms with Crippen molar-refractivity contribution in [2.24, 2.45) is 0 Å². The van der Waals surface area contributed by atoms with Crippen molar-refractivity contribution in [1.82, 2.24) is 0 Å². The van der Waals surface area contributed by atoms with Crippen LogP contribution in [0.15, 0.2) is 18.2 Å². The molecular formula is C11H10F3NO. The summed E-state index contributed by atoms with van der Waals surface area (Å²) in [7, 11) is 0. The summed E-state index contributed by atoms with van der Waals surface area (Å²) in [5, 5.41) is 2.92. The van der Waals surface area contributed by atoms with Crippen LogP contribution >= 0.6 is 0 Å². The minimum atomic E-state index is -4.36. The number of Topliss-reactive ketones (excluding diaryl/α,β-unsaturated/α-hetero) is 1. The molecule has 5 heteroatoms. The van der Waals surface area contributed by atoms with Crippen molar-refractivity contribution in [3.05, 3.63) is 29.3 Å². The van der Waals surface area contributed by atoms with Crippen LogP contribution in [0, 0.1) is 0 Å². The van der Waals surface area contributed by atoms with Crippen LogP contribution in [0.5, 0.6) is 0 Å². The summed E-state index contributed by atoms with van der Waals surface area (Å²) in [6.07, 6.45) is -4.36. The quantitative estimate of drug-likeness (QED) is 0.802. The standard InChI is InChI=1S/C11H10F3NO/c1-6(16)9-5-15-10-3-2-7(4-8(9)10)11(12,13)14/h2-4,9,15H,5H2,1H3. The van der Waals surface area contributed by atoms with Crippen LogP contribution < -0.4 is 5.32 Å². The average Bonchev–Trinajstić information content (AvgIpc) is 2.58. The van der Waals surface area contributed by atoms with Crippen molar-refractivity contribution in [1.29, 1.82) is 0 Å². The van der Waals surface area contributed by atoms with Gasteiger partial charge in [-0.15, -0.1) is 0 Å². The SMILES string of the molecule is CC(=O)C1CNc2ccc(C(F)(F)F)cc21. The highest BCUT2D eigenvalue weighted by Gasteiger charge is 2.34. The second-order valence-electron chi connectivity index (χ2n) is 3.84. The number of carbonyl (C=O) groups is 1. The number of fused-ring (bicyclic) bond motifs is 1. The zero-order chi connectivity index (χ0) is 11.9. The Bertz CT molecular complexity index is 439. The van der Waals surface area contributed by atoms with Crippen LogP contribution in [0.3, 0.4) is 0 Å². The van der Waals surface area contributed by atoms with E-state index in [2.05, 4.69) is 5.32 Å². The molecule has 1 aromatic rings. The summed E-state index contributed by atoms with van der Waals surface area (Å²) in [5.41, 5.74) is 0.358. The molecule has 0 saturated heterocycles. The normalized spacial score (nSPS) is 19.1. The van der Waals surface area contributed by atoms with Gasteiger partial charge in [-0.1, -0.05) is 0 Å². The number of rotatable bonds is 1. The first-order valence-corrected chi connectivity index (χ1v) is 4.85. The second kappa shape index (κ2) is 3.50. The van der Waals surface area contributed by atoms with E-state index in [0.717, 1.165) is 12.1 Å². The monoisotopic (exact) mass is 229 g/mol. The molecule has 0 aromatic heterocycles. The van der Waals surface area contributed by atoms with Crippen molar-refractivity contribution in [2.45, 2.75) is 19.0 Å². The lowest BCUT2D eigenvalue weighted by atomic mass is 9.96. The third-order valence-corrected chi connectivity index (χ3v) is 2.74. The molecule has 16 heavy (non-hydrogen) atoms. The van der Waals surface area contributed by atoms with E-state index >= 15 is 0 Å². The van der Waals surface area contributed by atoms with Crippen LogP contribution in [0.4, 0.5) is 18.9 Å². The van der Waals surface area contributed by atoms with Gasteiger partial charge in [0, 0.05) is 12.2 Å². The molecule has 0 amide bonds. The molecule has 0 radical (unpaired) electrons. The van der Waals surface area contributed by atoms with Crippen molar-refractivity contribution >= 4 is 11.5 Å². The molecule has 1 atom stereocenters. The fraction of sp³-hybridized carbons (Fsp3) is 0.364. The van der Waals surface area contributed by atoms with Gasteiger partial charge in [0.25, 0.3) is 0 Å². The lowest BCUT2D eigenvalue weighted by molar-refractivity contribution is -0.137. The number of nitrogens with one attached hydrogen (secondary N) is 1. The molecule has 0 saturated carbocycles. The van der Waals surface area contributed by atoms with Gasteiger partial charge >= 0.3 is 6.18 Å². The molecule has 0 aliphatic carbocycles. The summed E-state index contributed by atoms with van der Waals surface area (Å²) in [6.45, 7) is 1.77. The third-order valence-electron chi connectivity index (χ3n) is 2.74. The van der Waals surface area contributed by atoms with E-state index in [-0.39, 0.29) is 5.78 Å². The highest BCUT2D eigenvalue weighted by Crippen LogP contribution is 2.37. The summed E-state index contributed by atoms with van der Waals surface area (Å²) in [5.74, 6) is -0.581. The fourth-order valence-corrected chi connectivity index (χ4v) is 1.87. The van der Waals surface area contributed by atoms with Crippen LogP contribution in [0.1, 0.15) is 24.0 Å². The molecule has 1 aliphatic heterocycles. The Hall–Kier alpha value is -1.52. The maximum atomic E-state index is 12.5. The molecule has 2 nitrogen and oxygen atoms in total. The molecule has 1 aliphatic rings. The zero-order valence-electron chi connectivity index (χ0n) is 8.56. The Labute approximate surface area is 90.5 Å². The van der Waals surface area contributed by atoms with Gasteiger partial charge in [-0.2, -0.15) is 13.2 Å². The van der Waals surface area contributed by atoms with Crippen LogP contribution in [0.2, 0.25) is 0 Å². The lowest BCUT2D eigenvalue weighted by Crippen LogP contribution is -2.11. The topological polar surface area (TPSA) is 29.1 Å². The summed E-state index contributed by atoms with van der Waals surface area (Å²) in [4.78, 5) is 11.2. The van der Waals surface area contributed by atoms with Crippen LogP contribution in [-0.4, -0.2) is 12.3 Å². The Morgan fingerprint density at radius 1 is 1.44 bits per heavy atom. The largest absolute Gasteiger partial charge is 0.416 e. The number of alkyl halides is 3. The second-order valence-corrected chi connectivity index (χ2v) is 3.84. The van der Waals surface area contributed by atoms with Crippen molar-refractivity contribution in [3.8, 4) is 0 Å². The van der Waals surface area contributed by atoms with E-state index in [9.17, 15) is 18.0 Å². The molecular weight excluding hydrogens is 219 g/mol. The number of hydrogen-bond donors (Lipinski definition) is 1. The molecule has 1 unspecified atom stereocenters. The predicted molar refractivity (Wildman–Crippen MR) is 53.4 cm³/mol. The molecule has 0 fully saturated rings. The van der Waals surface area contributed by atoms with Gasteiger partial charge in [-0.25, -0.2) is 0 Å². The number of halogens is 3. The highest BCUT2D eigenvalue weighted by atomic mass is 19.4. The van der Waals surface area contributed by atoms with E-state index in [1.54, 1.807) is 0 Å². The lowest BCUT2D eigenvalue weighted by Gasteiger charge is -2.10. The summed E-state index contributed by atoms with van der Waals surface area (Å²) >= 11 is 0. The van der Waals surface area contributed by atoms with Gasteiger partial charge < -0.3 is 5.32 Å². The average molecular weight is 229 g/mol. The minimum Gasteiger partial charge on any atom is -0.384 e. The molecule has 1 N–H and O–H groups in total. The number of anilines is 1. The van der Waals surface area contributed by atoms with Gasteiger partial charge in [0.15, 0.2) is 0 Å². The summed E-state index contributed by atoms with van der Waals surface area (Å²) in [6, 6.07) is 3.46. The first-order chi connectivity index (χ1) is 7.39. The first-order valence-electron chi connectivity index (χ1n) is 4.85. The number of ketones is 1. The molecule has 1 aromatic carbocycles. The number of benzene rings is 1. The van der Waals surface area contributed by atoms with Crippen LogP contribution in [-0.2, 0) is 11.0 Å². The van der Waals surface area contributed by atoms with Gasteiger partial charge in [-0.3, -0.25) is 4.79 Å². The fourth-order valence-electron chi connectivity index (χ4n) is 1.87. The Morgan fingerprint density at radius 2 is 2.12 bits per heavy atom. The third kappa shape index (κ3) is 1.77. The Kier molecular flexibility index (Phi) is 2.40. The van der Waals surface area contributed by atoms with Gasteiger partial charge in [0.2, 0.25) is 0 Å². The summed E-state index contributed by atoms with van der Waals surface area (Å²) < 4.78 is 37.4. The maximum absolute atomic E-state index is 12.5. The minimum absolute atomic E-state index is 0.120. The molecule has 0 bridgehead atoms. The van der Waals surface area contributed by atoms with Crippen molar-refractivity contribution < 1.29 is 18.0 Å². The van der Waals surface area contributed by atoms with Gasteiger partial charge in [0.05, 0.1) is 11.5 Å².